The molecule has 1 aromatic carbocycles. The van der Waals surface area contributed by atoms with Crippen LogP contribution < -0.4 is 10.1 Å². The first-order valence-electron chi connectivity index (χ1n) is 6.35. The van der Waals surface area contributed by atoms with E-state index in [-0.39, 0.29) is 0 Å². The predicted molar refractivity (Wildman–Crippen MR) is 80.4 cm³/mol. The molecule has 0 saturated carbocycles. The van der Waals surface area contributed by atoms with E-state index in [0.717, 1.165) is 12.1 Å². The molecule has 0 heterocycles. The molecular weight excluding hydrogens is 285 g/mol. The van der Waals surface area contributed by atoms with Crippen molar-refractivity contribution < 1.29 is 9.47 Å². The topological polar surface area (TPSA) is 30.5 Å². The van der Waals surface area contributed by atoms with Crippen LogP contribution >= 0.6 is 23.2 Å². The van der Waals surface area contributed by atoms with Crippen molar-refractivity contribution in [1.29, 1.82) is 0 Å². The molecule has 0 fully saturated rings. The van der Waals surface area contributed by atoms with E-state index in [4.69, 9.17) is 32.7 Å². The molecular formula is C14H21Cl2NO2. The zero-order chi connectivity index (χ0) is 14.3. The van der Waals surface area contributed by atoms with Crippen molar-refractivity contribution in [2.45, 2.75) is 20.4 Å². The number of hydrogen-bond donors (Lipinski definition) is 1. The van der Waals surface area contributed by atoms with Crippen LogP contribution in [-0.2, 0) is 11.3 Å². The zero-order valence-corrected chi connectivity index (χ0v) is 13.1. The zero-order valence-electron chi connectivity index (χ0n) is 11.6. The lowest BCUT2D eigenvalue weighted by Crippen LogP contribution is -2.19. The number of hydrogen-bond acceptors (Lipinski definition) is 3. The standard InChI is InChI=1S/C14H21Cl2NO2/c1-10(2)9-19-14-11(8-17-4-5-18-3)6-12(15)7-13(14)16/h6-7,10,17H,4-5,8-9H2,1-3H3. The van der Waals surface area contributed by atoms with Crippen LogP contribution in [-0.4, -0.2) is 26.9 Å². The van der Waals surface area contributed by atoms with Crippen molar-refractivity contribution in [3.05, 3.63) is 27.7 Å². The summed E-state index contributed by atoms with van der Waals surface area (Å²) in [5.41, 5.74) is 0.967. The van der Waals surface area contributed by atoms with Crippen molar-refractivity contribution in [2.24, 2.45) is 5.92 Å². The van der Waals surface area contributed by atoms with Crippen LogP contribution in [0.1, 0.15) is 19.4 Å². The van der Waals surface area contributed by atoms with Gasteiger partial charge < -0.3 is 14.8 Å². The molecule has 0 amide bonds. The summed E-state index contributed by atoms with van der Waals surface area (Å²) in [5.74, 6) is 1.16. The molecule has 0 aromatic heterocycles. The number of benzene rings is 1. The summed E-state index contributed by atoms with van der Waals surface area (Å²) in [5, 5.41) is 4.43. The average Bonchev–Trinajstić information content (AvgIpc) is 2.33. The largest absolute Gasteiger partial charge is 0.491 e. The van der Waals surface area contributed by atoms with Crippen LogP contribution in [0.3, 0.4) is 0 Å². The SMILES string of the molecule is COCCNCc1cc(Cl)cc(Cl)c1OCC(C)C. The number of nitrogens with one attached hydrogen (secondary N) is 1. The summed E-state index contributed by atoms with van der Waals surface area (Å²) in [4.78, 5) is 0. The van der Waals surface area contributed by atoms with Crippen LogP contribution in [0, 0.1) is 5.92 Å². The summed E-state index contributed by atoms with van der Waals surface area (Å²) >= 11 is 12.2. The Labute approximate surface area is 125 Å². The van der Waals surface area contributed by atoms with Crippen molar-refractivity contribution in [1.82, 2.24) is 5.32 Å². The highest BCUT2D eigenvalue weighted by Crippen LogP contribution is 2.32. The van der Waals surface area contributed by atoms with Crippen LogP contribution in [0.5, 0.6) is 5.75 Å². The second-order valence-corrected chi connectivity index (χ2v) is 5.59. The molecule has 0 aliphatic rings. The summed E-state index contributed by atoms with van der Waals surface area (Å²) in [6.45, 7) is 6.91. The Hall–Kier alpha value is -0.480. The molecule has 0 bridgehead atoms. The smallest absolute Gasteiger partial charge is 0.142 e. The first kappa shape index (κ1) is 16.6. The summed E-state index contributed by atoms with van der Waals surface area (Å²) < 4.78 is 10.8. The Morgan fingerprint density at radius 1 is 1.26 bits per heavy atom. The van der Waals surface area contributed by atoms with Crippen molar-refractivity contribution >= 4 is 23.2 Å². The minimum atomic E-state index is 0.445. The lowest BCUT2D eigenvalue weighted by Gasteiger charge is -2.15. The van der Waals surface area contributed by atoms with Gasteiger partial charge in [-0.25, -0.2) is 0 Å². The van der Waals surface area contributed by atoms with E-state index in [1.165, 1.54) is 0 Å². The lowest BCUT2D eigenvalue weighted by atomic mass is 10.2. The molecule has 0 radical (unpaired) electrons. The van der Waals surface area contributed by atoms with Crippen molar-refractivity contribution in [3.8, 4) is 5.75 Å². The molecule has 0 atom stereocenters. The second-order valence-electron chi connectivity index (χ2n) is 4.75. The van der Waals surface area contributed by atoms with Gasteiger partial charge in [0.2, 0.25) is 0 Å². The molecule has 5 heteroatoms. The Bertz CT molecular complexity index is 397. The molecule has 0 spiro atoms. The first-order valence-corrected chi connectivity index (χ1v) is 7.10. The van der Waals surface area contributed by atoms with E-state index in [2.05, 4.69) is 19.2 Å². The van der Waals surface area contributed by atoms with Gasteiger partial charge in [-0.05, 0) is 18.1 Å². The minimum Gasteiger partial charge on any atom is -0.491 e. The maximum Gasteiger partial charge on any atom is 0.142 e. The number of rotatable bonds is 8. The van der Waals surface area contributed by atoms with Gasteiger partial charge in [0.25, 0.3) is 0 Å². The third kappa shape index (κ3) is 6.00. The number of halogens is 2. The van der Waals surface area contributed by atoms with Gasteiger partial charge in [-0.15, -0.1) is 0 Å². The van der Waals surface area contributed by atoms with Crippen LogP contribution in [0.15, 0.2) is 12.1 Å². The highest BCUT2D eigenvalue weighted by molar-refractivity contribution is 6.35. The van der Waals surface area contributed by atoms with Gasteiger partial charge in [0.1, 0.15) is 5.75 Å². The highest BCUT2D eigenvalue weighted by atomic mass is 35.5. The molecule has 1 N–H and O–H groups in total. The molecule has 0 aliphatic heterocycles. The fourth-order valence-corrected chi connectivity index (χ4v) is 2.14. The van der Waals surface area contributed by atoms with Crippen molar-refractivity contribution in [3.63, 3.8) is 0 Å². The van der Waals surface area contributed by atoms with Gasteiger partial charge in [0.15, 0.2) is 0 Å². The Morgan fingerprint density at radius 3 is 2.63 bits per heavy atom. The van der Waals surface area contributed by atoms with Crippen molar-refractivity contribution in [2.75, 3.05) is 26.9 Å². The minimum absolute atomic E-state index is 0.445. The van der Waals surface area contributed by atoms with E-state index < -0.39 is 0 Å². The maximum absolute atomic E-state index is 6.20. The van der Waals surface area contributed by atoms with E-state index in [0.29, 0.717) is 41.5 Å². The third-order valence-corrected chi connectivity index (χ3v) is 2.94. The van der Waals surface area contributed by atoms with Crippen LogP contribution in [0.4, 0.5) is 0 Å². The Balaban J connectivity index is 2.74. The average molecular weight is 306 g/mol. The Morgan fingerprint density at radius 2 is 2.00 bits per heavy atom. The summed E-state index contributed by atoms with van der Waals surface area (Å²) in [7, 11) is 1.68. The molecule has 108 valence electrons. The summed E-state index contributed by atoms with van der Waals surface area (Å²) in [6.07, 6.45) is 0. The van der Waals surface area contributed by atoms with E-state index >= 15 is 0 Å². The van der Waals surface area contributed by atoms with Gasteiger partial charge in [-0.3, -0.25) is 0 Å². The monoisotopic (exact) mass is 305 g/mol. The maximum atomic E-state index is 6.20. The molecule has 0 unspecified atom stereocenters. The highest BCUT2D eigenvalue weighted by Gasteiger charge is 2.11. The molecule has 19 heavy (non-hydrogen) atoms. The molecule has 0 saturated heterocycles. The number of ether oxygens (including phenoxy) is 2. The molecule has 1 rings (SSSR count). The summed E-state index contributed by atoms with van der Waals surface area (Å²) in [6, 6.07) is 3.58. The second kappa shape index (κ2) is 8.64. The molecule has 3 nitrogen and oxygen atoms in total. The van der Waals surface area contributed by atoms with Gasteiger partial charge in [0, 0.05) is 30.8 Å². The molecule has 0 aliphatic carbocycles. The van der Waals surface area contributed by atoms with E-state index in [9.17, 15) is 0 Å². The fraction of sp³-hybridized carbons (Fsp3) is 0.571. The van der Waals surface area contributed by atoms with Gasteiger partial charge in [-0.1, -0.05) is 37.0 Å². The van der Waals surface area contributed by atoms with E-state index in [1.807, 2.05) is 6.07 Å². The van der Waals surface area contributed by atoms with Crippen LogP contribution in [0.25, 0.3) is 0 Å². The lowest BCUT2D eigenvalue weighted by molar-refractivity contribution is 0.199. The van der Waals surface area contributed by atoms with E-state index in [1.54, 1.807) is 13.2 Å². The third-order valence-electron chi connectivity index (χ3n) is 2.44. The van der Waals surface area contributed by atoms with Crippen LogP contribution in [0.2, 0.25) is 10.0 Å². The number of methoxy groups -OCH3 is 1. The molecule has 1 aromatic rings. The van der Waals surface area contributed by atoms with Gasteiger partial charge >= 0.3 is 0 Å². The Kier molecular flexibility index (Phi) is 7.54. The van der Waals surface area contributed by atoms with Gasteiger partial charge in [-0.2, -0.15) is 0 Å². The fourth-order valence-electron chi connectivity index (χ4n) is 1.55. The quantitative estimate of drug-likeness (QED) is 0.742. The van der Waals surface area contributed by atoms with Gasteiger partial charge in [0.05, 0.1) is 18.2 Å². The normalized spacial score (nSPS) is 11.1. The first-order chi connectivity index (χ1) is 9.04. The predicted octanol–water partition coefficient (Wildman–Crippen LogP) is 3.76.